The second-order valence-electron chi connectivity index (χ2n) is 4.52. The van der Waals surface area contributed by atoms with E-state index in [2.05, 4.69) is 9.88 Å². The third kappa shape index (κ3) is 2.75. The predicted molar refractivity (Wildman–Crippen MR) is 66.2 cm³/mol. The fraction of sp³-hybridized carbons (Fsp3) is 0.538. The largest absolute Gasteiger partial charge is 0.459 e. The highest BCUT2D eigenvalue weighted by atomic mass is 16.5. The van der Waals surface area contributed by atoms with Gasteiger partial charge in [-0.2, -0.15) is 0 Å². The van der Waals surface area contributed by atoms with Gasteiger partial charge < -0.3 is 9.64 Å². The minimum Gasteiger partial charge on any atom is -0.459 e. The fourth-order valence-electron chi connectivity index (χ4n) is 2.01. The lowest BCUT2D eigenvalue weighted by Gasteiger charge is -2.19. The van der Waals surface area contributed by atoms with Gasteiger partial charge in [-0.15, -0.1) is 0 Å². The molecule has 2 heterocycles. The van der Waals surface area contributed by atoms with Crippen molar-refractivity contribution >= 4 is 11.8 Å². The van der Waals surface area contributed by atoms with Gasteiger partial charge in [0.25, 0.3) is 0 Å². The second kappa shape index (κ2) is 5.17. The van der Waals surface area contributed by atoms with Gasteiger partial charge in [0.2, 0.25) is 0 Å². The lowest BCUT2D eigenvalue weighted by molar-refractivity contribution is 0.0378. The topological polar surface area (TPSA) is 42.4 Å². The molecule has 0 aliphatic carbocycles. The molecular formula is C13H18N2O2. The Bertz CT molecular complexity index is 398. The van der Waals surface area contributed by atoms with E-state index in [1.54, 1.807) is 18.3 Å². The van der Waals surface area contributed by atoms with Gasteiger partial charge in [0.1, 0.15) is 11.4 Å². The second-order valence-corrected chi connectivity index (χ2v) is 4.52. The maximum Gasteiger partial charge on any atom is 0.342 e. The molecule has 1 aliphatic rings. The standard InChI is InChI=1S/C13H18N2O2/c1-10(2)17-13(16)11-6-5-7-14-12(11)15-8-3-4-9-15/h5-7,10H,3-4,8-9H2,1-2H3. The van der Waals surface area contributed by atoms with Gasteiger partial charge in [-0.05, 0) is 38.8 Å². The third-order valence-electron chi connectivity index (χ3n) is 2.75. The van der Waals surface area contributed by atoms with Crippen LogP contribution in [0.15, 0.2) is 18.3 Å². The smallest absolute Gasteiger partial charge is 0.342 e. The van der Waals surface area contributed by atoms with E-state index in [1.807, 2.05) is 13.8 Å². The number of pyridine rings is 1. The van der Waals surface area contributed by atoms with E-state index in [-0.39, 0.29) is 12.1 Å². The Hall–Kier alpha value is -1.58. The molecule has 17 heavy (non-hydrogen) atoms. The van der Waals surface area contributed by atoms with Crippen molar-refractivity contribution < 1.29 is 9.53 Å². The zero-order valence-corrected chi connectivity index (χ0v) is 10.3. The average molecular weight is 234 g/mol. The Labute approximate surface area is 102 Å². The van der Waals surface area contributed by atoms with E-state index in [1.165, 1.54) is 0 Å². The van der Waals surface area contributed by atoms with Crippen LogP contribution in [0.4, 0.5) is 5.82 Å². The number of anilines is 1. The maximum absolute atomic E-state index is 11.9. The van der Waals surface area contributed by atoms with Crippen LogP contribution in [0.25, 0.3) is 0 Å². The average Bonchev–Trinajstić information content (AvgIpc) is 2.81. The van der Waals surface area contributed by atoms with Crippen LogP contribution in [0.5, 0.6) is 0 Å². The van der Waals surface area contributed by atoms with E-state index in [4.69, 9.17) is 4.74 Å². The Balaban J connectivity index is 2.23. The highest BCUT2D eigenvalue weighted by Crippen LogP contribution is 2.22. The molecule has 0 unspecified atom stereocenters. The van der Waals surface area contributed by atoms with Crippen molar-refractivity contribution in [3.63, 3.8) is 0 Å². The summed E-state index contributed by atoms with van der Waals surface area (Å²) >= 11 is 0. The number of nitrogens with zero attached hydrogens (tertiary/aromatic N) is 2. The van der Waals surface area contributed by atoms with Crippen LogP contribution in [0.1, 0.15) is 37.0 Å². The summed E-state index contributed by atoms with van der Waals surface area (Å²) in [7, 11) is 0. The summed E-state index contributed by atoms with van der Waals surface area (Å²) in [5, 5.41) is 0. The van der Waals surface area contributed by atoms with Gasteiger partial charge in [0.05, 0.1) is 6.10 Å². The lowest BCUT2D eigenvalue weighted by Crippen LogP contribution is -2.23. The van der Waals surface area contributed by atoms with E-state index in [0.717, 1.165) is 31.7 Å². The van der Waals surface area contributed by atoms with Crippen LogP contribution in [0.2, 0.25) is 0 Å². The number of carbonyl (C=O) groups excluding carboxylic acids is 1. The number of carbonyl (C=O) groups is 1. The van der Waals surface area contributed by atoms with Crippen molar-refractivity contribution in [2.45, 2.75) is 32.8 Å². The van der Waals surface area contributed by atoms with Crippen molar-refractivity contribution in [2.75, 3.05) is 18.0 Å². The van der Waals surface area contributed by atoms with Gasteiger partial charge >= 0.3 is 5.97 Å². The zero-order chi connectivity index (χ0) is 12.3. The molecule has 1 saturated heterocycles. The Morgan fingerprint density at radius 3 is 2.76 bits per heavy atom. The Morgan fingerprint density at radius 1 is 1.41 bits per heavy atom. The summed E-state index contributed by atoms with van der Waals surface area (Å²) in [6.45, 7) is 5.64. The number of hydrogen-bond acceptors (Lipinski definition) is 4. The van der Waals surface area contributed by atoms with E-state index in [0.29, 0.717) is 5.56 Å². The first kappa shape index (κ1) is 11.9. The molecule has 1 aromatic rings. The molecule has 0 amide bonds. The number of esters is 1. The van der Waals surface area contributed by atoms with Crippen molar-refractivity contribution in [2.24, 2.45) is 0 Å². The summed E-state index contributed by atoms with van der Waals surface area (Å²) in [5.74, 6) is 0.477. The molecule has 0 N–H and O–H groups in total. The Kier molecular flexibility index (Phi) is 3.61. The van der Waals surface area contributed by atoms with Gasteiger partial charge in [0.15, 0.2) is 0 Å². The van der Waals surface area contributed by atoms with Gasteiger partial charge in [-0.1, -0.05) is 0 Å². The SMILES string of the molecule is CC(C)OC(=O)c1cccnc1N1CCCC1. The molecule has 0 atom stereocenters. The van der Waals surface area contributed by atoms with Crippen molar-refractivity contribution in [1.29, 1.82) is 0 Å². The first-order valence-corrected chi connectivity index (χ1v) is 6.09. The highest BCUT2D eigenvalue weighted by molar-refractivity contribution is 5.94. The molecule has 1 fully saturated rings. The molecule has 4 nitrogen and oxygen atoms in total. The van der Waals surface area contributed by atoms with Crippen LogP contribution >= 0.6 is 0 Å². The van der Waals surface area contributed by atoms with E-state index < -0.39 is 0 Å². The first-order chi connectivity index (χ1) is 8.18. The Morgan fingerprint density at radius 2 is 2.12 bits per heavy atom. The first-order valence-electron chi connectivity index (χ1n) is 6.09. The maximum atomic E-state index is 11.9. The highest BCUT2D eigenvalue weighted by Gasteiger charge is 2.21. The van der Waals surface area contributed by atoms with Crippen LogP contribution in [-0.2, 0) is 4.74 Å². The molecule has 92 valence electrons. The molecular weight excluding hydrogens is 216 g/mol. The van der Waals surface area contributed by atoms with Crippen molar-refractivity contribution in [1.82, 2.24) is 4.98 Å². The van der Waals surface area contributed by atoms with Crippen LogP contribution < -0.4 is 4.90 Å². The minimum absolute atomic E-state index is 0.103. The van der Waals surface area contributed by atoms with Crippen molar-refractivity contribution in [3.05, 3.63) is 23.9 Å². The molecule has 0 bridgehead atoms. The monoisotopic (exact) mass is 234 g/mol. The molecule has 0 saturated carbocycles. The molecule has 4 heteroatoms. The quantitative estimate of drug-likeness (QED) is 0.752. The summed E-state index contributed by atoms with van der Waals surface area (Å²) in [5.41, 5.74) is 0.572. The zero-order valence-electron chi connectivity index (χ0n) is 10.3. The fourth-order valence-corrected chi connectivity index (χ4v) is 2.01. The minimum atomic E-state index is -0.282. The van der Waals surface area contributed by atoms with Crippen LogP contribution in [-0.4, -0.2) is 30.1 Å². The van der Waals surface area contributed by atoms with E-state index >= 15 is 0 Å². The van der Waals surface area contributed by atoms with Gasteiger partial charge in [-0.25, -0.2) is 9.78 Å². The summed E-state index contributed by atoms with van der Waals surface area (Å²) < 4.78 is 5.23. The predicted octanol–water partition coefficient (Wildman–Crippen LogP) is 2.25. The summed E-state index contributed by atoms with van der Waals surface area (Å²) in [6, 6.07) is 3.56. The number of hydrogen-bond donors (Lipinski definition) is 0. The lowest BCUT2D eigenvalue weighted by atomic mass is 10.2. The van der Waals surface area contributed by atoms with Crippen LogP contribution in [0.3, 0.4) is 0 Å². The molecule has 0 aromatic carbocycles. The molecule has 1 aliphatic heterocycles. The molecule has 0 radical (unpaired) electrons. The normalized spacial score (nSPS) is 15.4. The van der Waals surface area contributed by atoms with Crippen molar-refractivity contribution in [3.8, 4) is 0 Å². The molecule has 1 aromatic heterocycles. The molecule has 0 spiro atoms. The summed E-state index contributed by atoms with van der Waals surface area (Å²) in [4.78, 5) is 18.4. The number of aromatic nitrogens is 1. The van der Waals surface area contributed by atoms with E-state index in [9.17, 15) is 4.79 Å². The van der Waals surface area contributed by atoms with Gasteiger partial charge in [-0.3, -0.25) is 0 Å². The van der Waals surface area contributed by atoms with Gasteiger partial charge in [0, 0.05) is 19.3 Å². The molecule has 2 rings (SSSR count). The summed E-state index contributed by atoms with van der Waals surface area (Å²) in [6.07, 6.45) is 3.94. The number of ether oxygens (including phenoxy) is 1. The van der Waals surface area contributed by atoms with Crippen LogP contribution in [0, 0.1) is 0 Å². The number of rotatable bonds is 3. The third-order valence-corrected chi connectivity index (χ3v) is 2.75.